The first-order chi connectivity index (χ1) is 24.7. The predicted octanol–water partition coefficient (Wildman–Crippen LogP) is 10.8. The molecule has 0 fully saturated rings. The molecule has 0 aliphatic rings. The monoisotopic (exact) mass is 635 g/mol. The largest absolute Gasteiger partial charge is 0.309 e. The SMILES string of the molecule is N#Cc1ccc2c(c1)c1ccccc1n2-c1ccccc1-c1cccc(-c2cccc(-n3c4ccccc4c4ccc(C#N)cc43)c2)c1C#N. The van der Waals surface area contributed by atoms with E-state index in [1.165, 1.54) is 0 Å². The summed E-state index contributed by atoms with van der Waals surface area (Å²) in [5.41, 5.74) is 11.2. The fraction of sp³-hybridized carbons (Fsp3) is 0. The second-order valence-corrected chi connectivity index (χ2v) is 12.3. The molecule has 2 heterocycles. The van der Waals surface area contributed by atoms with Crippen molar-refractivity contribution in [2.75, 3.05) is 0 Å². The third-order valence-corrected chi connectivity index (χ3v) is 9.63. The third-order valence-electron chi connectivity index (χ3n) is 9.63. The summed E-state index contributed by atoms with van der Waals surface area (Å²) in [5, 5.41) is 34.4. The minimum atomic E-state index is 0.582. The van der Waals surface area contributed by atoms with Gasteiger partial charge in [0.05, 0.1) is 56.6 Å². The van der Waals surface area contributed by atoms with Crippen LogP contribution in [0, 0.1) is 34.0 Å². The summed E-state index contributed by atoms with van der Waals surface area (Å²) in [7, 11) is 0. The molecule has 0 aliphatic heterocycles. The standard InChI is InChI=1S/C45H25N5/c46-26-29-20-22-44-39(23-29)37-13-3-6-18-43(37)50(44)42-17-5-1-11-35(42)34-15-8-14-33(40(34)28-48)31-9-7-10-32(25-31)49-41-16-4-2-12-36(41)38-21-19-30(27-47)24-45(38)49/h1-25H. The lowest BCUT2D eigenvalue weighted by molar-refractivity contribution is 1.18. The molecule has 0 saturated carbocycles. The lowest BCUT2D eigenvalue weighted by atomic mass is 9.91. The topological polar surface area (TPSA) is 81.2 Å². The van der Waals surface area contributed by atoms with Gasteiger partial charge in [0.1, 0.15) is 6.07 Å². The molecule has 0 aliphatic carbocycles. The molecule has 0 amide bonds. The summed E-state index contributed by atoms with van der Waals surface area (Å²) in [6, 6.07) is 57.7. The molecule has 7 aromatic carbocycles. The molecule has 2 aromatic heterocycles. The lowest BCUT2D eigenvalue weighted by Gasteiger charge is -2.17. The molecule has 5 heteroatoms. The first-order valence-corrected chi connectivity index (χ1v) is 16.3. The van der Waals surface area contributed by atoms with Crippen molar-refractivity contribution in [1.29, 1.82) is 15.8 Å². The van der Waals surface area contributed by atoms with E-state index in [0.29, 0.717) is 16.7 Å². The number of aromatic nitrogens is 2. The Balaban J connectivity index is 1.25. The van der Waals surface area contributed by atoms with Gasteiger partial charge in [0, 0.05) is 43.9 Å². The van der Waals surface area contributed by atoms with Crippen molar-refractivity contribution in [3.8, 4) is 51.8 Å². The van der Waals surface area contributed by atoms with Crippen LogP contribution < -0.4 is 0 Å². The first-order valence-electron chi connectivity index (χ1n) is 16.3. The Kier molecular flexibility index (Phi) is 6.56. The Labute approximate surface area is 287 Å². The van der Waals surface area contributed by atoms with E-state index in [1.807, 2.05) is 103 Å². The van der Waals surface area contributed by atoms with Crippen molar-refractivity contribution in [3.63, 3.8) is 0 Å². The Hall–Kier alpha value is -7.39. The zero-order valence-corrected chi connectivity index (χ0v) is 26.7. The summed E-state index contributed by atoms with van der Waals surface area (Å²) in [5.74, 6) is 0. The molecule has 0 spiro atoms. The maximum atomic E-state index is 10.8. The molecule has 50 heavy (non-hydrogen) atoms. The van der Waals surface area contributed by atoms with E-state index in [1.54, 1.807) is 0 Å². The fourth-order valence-electron chi connectivity index (χ4n) is 7.47. The molecule has 9 aromatic rings. The van der Waals surface area contributed by atoms with Gasteiger partial charge in [0.15, 0.2) is 0 Å². The second kappa shape index (κ2) is 11.4. The van der Waals surface area contributed by atoms with Crippen LogP contribution in [0.4, 0.5) is 0 Å². The van der Waals surface area contributed by atoms with Gasteiger partial charge in [-0.05, 0) is 66.2 Å². The number of benzene rings is 7. The Bertz CT molecular complexity index is 2970. The summed E-state index contributed by atoms with van der Waals surface area (Å²) < 4.78 is 4.42. The molecule has 0 atom stereocenters. The summed E-state index contributed by atoms with van der Waals surface area (Å²) in [6.45, 7) is 0. The highest BCUT2D eigenvalue weighted by atomic mass is 15.0. The predicted molar refractivity (Wildman–Crippen MR) is 200 cm³/mol. The molecule has 0 saturated heterocycles. The van der Waals surface area contributed by atoms with Crippen LogP contribution in [0.3, 0.4) is 0 Å². The molecule has 5 nitrogen and oxygen atoms in total. The normalized spacial score (nSPS) is 11.1. The van der Waals surface area contributed by atoms with Crippen LogP contribution in [0.1, 0.15) is 16.7 Å². The second-order valence-electron chi connectivity index (χ2n) is 12.3. The van der Waals surface area contributed by atoms with E-state index in [-0.39, 0.29) is 0 Å². The highest BCUT2D eigenvalue weighted by molar-refractivity contribution is 6.11. The summed E-state index contributed by atoms with van der Waals surface area (Å²) >= 11 is 0. The van der Waals surface area contributed by atoms with Crippen molar-refractivity contribution in [2.45, 2.75) is 0 Å². The molecule has 0 unspecified atom stereocenters. The number of fused-ring (bicyclic) bond motifs is 6. The van der Waals surface area contributed by atoms with Crippen molar-refractivity contribution < 1.29 is 0 Å². The number of hydrogen-bond acceptors (Lipinski definition) is 3. The van der Waals surface area contributed by atoms with Gasteiger partial charge in [0.25, 0.3) is 0 Å². The van der Waals surface area contributed by atoms with Crippen LogP contribution in [0.2, 0.25) is 0 Å². The van der Waals surface area contributed by atoms with Gasteiger partial charge in [0.2, 0.25) is 0 Å². The fourth-order valence-corrected chi connectivity index (χ4v) is 7.47. The van der Waals surface area contributed by atoms with Gasteiger partial charge in [-0.15, -0.1) is 0 Å². The van der Waals surface area contributed by atoms with Gasteiger partial charge >= 0.3 is 0 Å². The zero-order valence-electron chi connectivity index (χ0n) is 26.7. The maximum Gasteiger partial charge on any atom is 0.100 e. The Morgan fingerprint density at radius 2 is 0.980 bits per heavy atom. The summed E-state index contributed by atoms with van der Waals surface area (Å²) in [4.78, 5) is 0. The van der Waals surface area contributed by atoms with E-state index in [2.05, 4.69) is 75.9 Å². The van der Waals surface area contributed by atoms with Crippen LogP contribution in [0.25, 0.3) is 77.2 Å². The van der Waals surface area contributed by atoms with Gasteiger partial charge in [-0.25, -0.2) is 0 Å². The minimum absolute atomic E-state index is 0.582. The van der Waals surface area contributed by atoms with Crippen molar-refractivity contribution >= 4 is 43.6 Å². The zero-order chi connectivity index (χ0) is 33.8. The van der Waals surface area contributed by atoms with Gasteiger partial charge in [-0.3, -0.25) is 0 Å². The van der Waals surface area contributed by atoms with Gasteiger partial charge in [-0.2, -0.15) is 15.8 Å². The smallest absolute Gasteiger partial charge is 0.100 e. The average molecular weight is 636 g/mol. The molecule has 0 bridgehead atoms. The van der Waals surface area contributed by atoms with Gasteiger partial charge < -0.3 is 9.13 Å². The van der Waals surface area contributed by atoms with Gasteiger partial charge in [-0.1, -0.05) is 91.0 Å². The quantitative estimate of drug-likeness (QED) is 0.193. The summed E-state index contributed by atoms with van der Waals surface area (Å²) in [6.07, 6.45) is 0. The number of para-hydroxylation sites is 3. The minimum Gasteiger partial charge on any atom is -0.309 e. The van der Waals surface area contributed by atoms with E-state index in [0.717, 1.165) is 77.2 Å². The Morgan fingerprint density at radius 3 is 1.78 bits per heavy atom. The molecule has 230 valence electrons. The third kappa shape index (κ3) is 4.31. The average Bonchev–Trinajstić information content (AvgIpc) is 3.69. The molecular formula is C45H25N5. The van der Waals surface area contributed by atoms with E-state index < -0.39 is 0 Å². The first kappa shape index (κ1) is 28.8. The highest BCUT2D eigenvalue weighted by Crippen LogP contribution is 2.40. The lowest BCUT2D eigenvalue weighted by Crippen LogP contribution is -1.99. The number of hydrogen-bond donors (Lipinski definition) is 0. The van der Waals surface area contributed by atoms with Crippen LogP contribution in [-0.4, -0.2) is 9.13 Å². The van der Waals surface area contributed by atoms with Crippen LogP contribution in [0.15, 0.2) is 152 Å². The molecule has 9 rings (SSSR count). The number of rotatable bonds is 4. The molecule has 0 N–H and O–H groups in total. The van der Waals surface area contributed by atoms with E-state index in [9.17, 15) is 15.8 Å². The highest BCUT2D eigenvalue weighted by Gasteiger charge is 2.20. The maximum absolute atomic E-state index is 10.8. The van der Waals surface area contributed by atoms with Crippen LogP contribution >= 0.6 is 0 Å². The molecule has 0 radical (unpaired) electrons. The molecular weight excluding hydrogens is 611 g/mol. The Morgan fingerprint density at radius 1 is 0.380 bits per heavy atom. The van der Waals surface area contributed by atoms with Crippen molar-refractivity contribution in [3.05, 3.63) is 168 Å². The van der Waals surface area contributed by atoms with Crippen molar-refractivity contribution in [1.82, 2.24) is 9.13 Å². The van der Waals surface area contributed by atoms with Crippen LogP contribution in [-0.2, 0) is 0 Å². The van der Waals surface area contributed by atoms with E-state index >= 15 is 0 Å². The number of nitrogens with zero attached hydrogens (tertiary/aromatic N) is 5. The van der Waals surface area contributed by atoms with Crippen LogP contribution in [0.5, 0.6) is 0 Å². The van der Waals surface area contributed by atoms with Crippen molar-refractivity contribution in [2.24, 2.45) is 0 Å². The van der Waals surface area contributed by atoms with E-state index in [4.69, 9.17) is 0 Å². The number of nitriles is 3.